The Morgan fingerprint density at radius 1 is 0.676 bits per heavy atom. The minimum atomic E-state index is -0.579. The van der Waals surface area contributed by atoms with Crippen LogP contribution in [0, 0.1) is 3.57 Å². The van der Waals surface area contributed by atoms with Crippen molar-refractivity contribution in [2.24, 2.45) is 4.99 Å². The number of benzene rings is 4. The Kier molecular flexibility index (Phi) is 8.52. The smallest absolute Gasteiger partial charge is 0.343 e. The second-order valence-electron chi connectivity index (χ2n) is 7.67. The summed E-state index contributed by atoms with van der Waals surface area (Å²) in [5.41, 5.74) is 1.95. The van der Waals surface area contributed by atoms with Gasteiger partial charge in [-0.25, -0.2) is 9.59 Å². The van der Waals surface area contributed by atoms with Crippen molar-refractivity contribution in [2.75, 3.05) is 14.2 Å². The number of hydrogen-bond acceptors (Lipinski definition) is 7. The van der Waals surface area contributed by atoms with Crippen LogP contribution in [0.2, 0.25) is 0 Å². The average Bonchev–Trinajstić information content (AvgIpc) is 2.93. The highest BCUT2D eigenvalue weighted by atomic mass is 127. The number of methoxy groups -OCH3 is 2. The summed E-state index contributed by atoms with van der Waals surface area (Å²) < 4.78 is 22.6. The normalized spacial score (nSPS) is 10.7. The lowest BCUT2D eigenvalue weighted by Crippen LogP contribution is -2.11. The number of nitrogens with zero attached hydrogens (tertiary/aromatic N) is 1. The molecule has 186 valence electrons. The van der Waals surface area contributed by atoms with Gasteiger partial charge in [-0.2, -0.15) is 0 Å². The number of carbonyl (C=O) groups is 2. The van der Waals surface area contributed by atoms with Crippen LogP contribution < -0.4 is 18.9 Å². The highest BCUT2D eigenvalue weighted by Gasteiger charge is 2.15. The van der Waals surface area contributed by atoms with Crippen molar-refractivity contribution < 1.29 is 28.5 Å². The molecule has 0 radical (unpaired) electrons. The SMILES string of the molecule is COc1ccc(C(=O)Oc2ccc(C=Nc3ccc(I)cc3)c(OC(=O)c3ccc(OC)cc3)c2)cc1. The molecule has 37 heavy (non-hydrogen) atoms. The first-order valence-corrected chi connectivity index (χ1v) is 12.2. The third-order valence-corrected chi connectivity index (χ3v) is 5.95. The van der Waals surface area contributed by atoms with Gasteiger partial charge in [-0.3, -0.25) is 4.99 Å². The molecule has 4 rings (SSSR count). The molecule has 8 heteroatoms. The van der Waals surface area contributed by atoms with Crippen molar-refractivity contribution in [3.05, 3.63) is 111 Å². The number of ether oxygens (including phenoxy) is 4. The van der Waals surface area contributed by atoms with Gasteiger partial charge in [-0.05, 0) is 108 Å². The molecule has 0 unspecified atom stereocenters. The van der Waals surface area contributed by atoms with E-state index in [0.29, 0.717) is 28.2 Å². The summed E-state index contributed by atoms with van der Waals surface area (Å²) in [6, 6.07) is 25.5. The Balaban J connectivity index is 1.60. The molecule has 0 aromatic heterocycles. The van der Waals surface area contributed by atoms with Gasteiger partial charge in [-0.1, -0.05) is 0 Å². The van der Waals surface area contributed by atoms with E-state index in [1.807, 2.05) is 24.3 Å². The lowest BCUT2D eigenvalue weighted by molar-refractivity contribution is 0.0732. The number of esters is 2. The molecular weight excluding hydrogens is 585 g/mol. The van der Waals surface area contributed by atoms with Crippen LogP contribution in [0.25, 0.3) is 0 Å². The minimum absolute atomic E-state index is 0.190. The fraction of sp³-hybridized carbons (Fsp3) is 0.0690. The maximum atomic E-state index is 12.9. The van der Waals surface area contributed by atoms with Crippen LogP contribution in [0.1, 0.15) is 26.3 Å². The molecule has 0 aliphatic rings. The van der Waals surface area contributed by atoms with Crippen LogP contribution in [0.4, 0.5) is 5.69 Å². The molecule has 0 aliphatic heterocycles. The third-order valence-electron chi connectivity index (χ3n) is 5.23. The quantitative estimate of drug-likeness (QED) is 0.0985. The summed E-state index contributed by atoms with van der Waals surface area (Å²) in [6.07, 6.45) is 1.59. The minimum Gasteiger partial charge on any atom is -0.497 e. The molecule has 4 aromatic rings. The van der Waals surface area contributed by atoms with Gasteiger partial charge in [0.1, 0.15) is 23.0 Å². The standard InChI is InChI=1S/C29H22INO6/c1-34-24-12-3-19(4-13-24)28(32)36-26-16-7-21(18-31-23-10-8-22(30)9-11-23)27(17-26)37-29(33)20-5-14-25(35-2)15-6-20/h3-18H,1-2H3. The Hall–Kier alpha value is -4.18. The fourth-order valence-corrected chi connectivity index (χ4v) is 3.58. The number of carbonyl (C=O) groups excluding carboxylic acids is 2. The van der Waals surface area contributed by atoms with Crippen molar-refractivity contribution >= 4 is 46.4 Å². The van der Waals surface area contributed by atoms with Gasteiger partial charge in [0, 0.05) is 21.4 Å². The average molecular weight is 607 g/mol. The maximum absolute atomic E-state index is 12.9. The lowest BCUT2D eigenvalue weighted by Gasteiger charge is -2.11. The molecule has 7 nitrogen and oxygen atoms in total. The largest absolute Gasteiger partial charge is 0.497 e. The highest BCUT2D eigenvalue weighted by Crippen LogP contribution is 2.27. The Bertz CT molecular complexity index is 1410. The second-order valence-corrected chi connectivity index (χ2v) is 8.92. The first-order valence-electron chi connectivity index (χ1n) is 11.1. The number of hydrogen-bond donors (Lipinski definition) is 0. The van der Waals surface area contributed by atoms with E-state index in [4.69, 9.17) is 18.9 Å². The molecule has 0 saturated heterocycles. The molecule has 0 saturated carbocycles. The van der Waals surface area contributed by atoms with Gasteiger partial charge in [0.2, 0.25) is 0 Å². The van der Waals surface area contributed by atoms with E-state index in [1.54, 1.807) is 81.1 Å². The van der Waals surface area contributed by atoms with Crippen LogP contribution >= 0.6 is 22.6 Å². The van der Waals surface area contributed by atoms with Crippen molar-refractivity contribution in [2.45, 2.75) is 0 Å². The van der Waals surface area contributed by atoms with Crippen molar-refractivity contribution in [1.82, 2.24) is 0 Å². The van der Waals surface area contributed by atoms with Gasteiger partial charge in [0.05, 0.1) is 31.0 Å². The summed E-state index contributed by atoms with van der Waals surface area (Å²) in [5.74, 6) is 0.510. The zero-order valence-corrected chi connectivity index (χ0v) is 22.2. The predicted octanol–water partition coefficient (Wildman–Crippen LogP) is 6.50. The zero-order chi connectivity index (χ0) is 26.2. The lowest BCUT2D eigenvalue weighted by atomic mass is 10.2. The summed E-state index contributed by atoms with van der Waals surface area (Å²) in [6.45, 7) is 0. The first kappa shape index (κ1) is 25.9. The van der Waals surface area contributed by atoms with E-state index in [-0.39, 0.29) is 11.5 Å². The molecule has 0 fully saturated rings. The van der Waals surface area contributed by atoms with Crippen LogP contribution in [0.3, 0.4) is 0 Å². The number of aliphatic imine (C=N–C) groups is 1. The van der Waals surface area contributed by atoms with Crippen molar-refractivity contribution in [1.29, 1.82) is 0 Å². The van der Waals surface area contributed by atoms with E-state index in [9.17, 15) is 9.59 Å². The molecule has 0 bridgehead atoms. The number of rotatable bonds is 8. The third kappa shape index (κ3) is 6.95. The molecule has 0 atom stereocenters. The second kappa shape index (κ2) is 12.2. The molecule has 0 aliphatic carbocycles. The Morgan fingerprint density at radius 2 is 1.19 bits per heavy atom. The van der Waals surface area contributed by atoms with Gasteiger partial charge < -0.3 is 18.9 Å². The van der Waals surface area contributed by atoms with Gasteiger partial charge in [-0.15, -0.1) is 0 Å². The van der Waals surface area contributed by atoms with E-state index in [0.717, 1.165) is 9.26 Å². The van der Waals surface area contributed by atoms with Crippen LogP contribution in [0.15, 0.2) is 96.0 Å². The fourth-order valence-electron chi connectivity index (χ4n) is 3.22. The highest BCUT2D eigenvalue weighted by molar-refractivity contribution is 14.1. The van der Waals surface area contributed by atoms with E-state index in [1.165, 1.54) is 6.07 Å². The molecule has 0 N–H and O–H groups in total. The number of halogens is 1. The monoisotopic (exact) mass is 607 g/mol. The van der Waals surface area contributed by atoms with E-state index in [2.05, 4.69) is 27.6 Å². The van der Waals surface area contributed by atoms with Crippen LogP contribution in [0.5, 0.6) is 23.0 Å². The first-order chi connectivity index (χ1) is 17.9. The summed E-state index contributed by atoms with van der Waals surface area (Å²) in [7, 11) is 3.09. The summed E-state index contributed by atoms with van der Waals surface area (Å²) in [5, 5.41) is 0. The summed E-state index contributed by atoms with van der Waals surface area (Å²) >= 11 is 2.22. The molecular formula is C29H22INO6. The zero-order valence-electron chi connectivity index (χ0n) is 20.0. The Labute approximate surface area is 227 Å². The van der Waals surface area contributed by atoms with Crippen LogP contribution in [-0.4, -0.2) is 32.4 Å². The van der Waals surface area contributed by atoms with Gasteiger partial charge >= 0.3 is 11.9 Å². The molecule has 0 amide bonds. The van der Waals surface area contributed by atoms with Crippen LogP contribution in [-0.2, 0) is 0 Å². The van der Waals surface area contributed by atoms with Gasteiger partial charge in [0.25, 0.3) is 0 Å². The van der Waals surface area contributed by atoms with E-state index < -0.39 is 11.9 Å². The molecule has 0 heterocycles. The topological polar surface area (TPSA) is 83.4 Å². The molecule has 4 aromatic carbocycles. The Morgan fingerprint density at radius 3 is 1.73 bits per heavy atom. The molecule has 0 spiro atoms. The maximum Gasteiger partial charge on any atom is 0.343 e. The summed E-state index contributed by atoms with van der Waals surface area (Å²) in [4.78, 5) is 30.0. The van der Waals surface area contributed by atoms with Crippen molar-refractivity contribution in [3.8, 4) is 23.0 Å². The van der Waals surface area contributed by atoms with Crippen molar-refractivity contribution in [3.63, 3.8) is 0 Å². The van der Waals surface area contributed by atoms with E-state index >= 15 is 0 Å². The van der Waals surface area contributed by atoms with Gasteiger partial charge in [0.15, 0.2) is 0 Å². The predicted molar refractivity (Wildman–Crippen MR) is 149 cm³/mol.